The van der Waals surface area contributed by atoms with Gasteiger partial charge in [0.15, 0.2) is 0 Å². The third-order valence-corrected chi connectivity index (χ3v) is 5.75. The summed E-state index contributed by atoms with van der Waals surface area (Å²) < 4.78 is 17.2. The minimum atomic E-state index is -0.464. The molecule has 1 saturated carbocycles. The summed E-state index contributed by atoms with van der Waals surface area (Å²) in [5, 5.41) is 0. The lowest BCUT2D eigenvalue weighted by molar-refractivity contribution is -0.172. The summed E-state index contributed by atoms with van der Waals surface area (Å²) in [5.41, 5.74) is 2.39. The summed E-state index contributed by atoms with van der Waals surface area (Å²) >= 11 is 0. The lowest BCUT2D eigenvalue weighted by Crippen LogP contribution is -2.53. The highest BCUT2D eigenvalue weighted by Crippen LogP contribution is 2.51. The van der Waals surface area contributed by atoms with Crippen molar-refractivity contribution in [3.63, 3.8) is 0 Å². The molecule has 4 heteroatoms. The van der Waals surface area contributed by atoms with Gasteiger partial charge in [0, 0.05) is 5.41 Å². The molecular formula is C22H32O4. The van der Waals surface area contributed by atoms with Gasteiger partial charge in [-0.25, -0.2) is 4.79 Å². The van der Waals surface area contributed by atoms with Crippen LogP contribution in [0.15, 0.2) is 24.3 Å². The zero-order chi connectivity index (χ0) is 18.8. The molecule has 1 aromatic rings. The molecule has 1 aromatic carbocycles. The molecule has 26 heavy (non-hydrogen) atoms. The molecule has 0 atom stereocenters. The predicted molar refractivity (Wildman–Crippen MR) is 101 cm³/mol. The van der Waals surface area contributed by atoms with Crippen LogP contribution < -0.4 is 0 Å². The first-order chi connectivity index (χ1) is 12.2. The Morgan fingerprint density at radius 3 is 2.50 bits per heavy atom. The van der Waals surface area contributed by atoms with Gasteiger partial charge in [0.25, 0.3) is 0 Å². The molecule has 0 aromatic heterocycles. The molecule has 0 radical (unpaired) electrons. The Kier molecular flexibility index (Phi) is 5.45. The van der Waals surface area contributed by atoms with Crippen LogP contribution in [0.3, 0.4) is 0 Å². The first kappa shape index (κ1) is 19.4. The molecule has 0 N–H and O–H groups in total. The van der Waals surface area contributed by atoms with Crippen LogP contribution >= 0.6 is 0 Å². The minimum Gasteiger partial charge on any atom is -0.458 e. The second kappa shape index (κ2) is 7.32. The van der Waals surface area contributed by atoms with E-state index in [1.54, 1.807) is 0 Å². The highest BCUT2D eigenvalue weighted by Gasteiger charge is 2.50. The molecule has 2 heterocycles. The van der Waals surface area contributed by atoms with Crippen molar-refractivity contribution in [2.24, 2.45) is 0 Å². The van der Waals surface area contributed by atoms with Gasteiger partial charge < -0.3 is 14.2 Å². The summed E-state index contributed by atoms with van der Waals surface area (Å²) in [6.45, 7) is 9.09. The van der Waals surface area contributed by atoms with E-state index in [-0.39, 0.29) is 23.6 Å². The van der Waals surface area contributed by atoms with Crippen LogP contribution in [0.2, 0.25) is 0 Å². The van der Waals surface area contributed by atoms with Crippen LogP contribution in [0.1, 0.15) is 64.0 Å². The summed E-state index contributed by atoms with van der Waals surface area (Å²) in [5.74, 6) is -0.304. The van der Waals surface area contributed by atoms with Gasteiger partial charge in [-0.2, -0.15) is 0 Å². The average molecular weight is 360 g/mol. The SMILES string of the molecule is Cc1cccc(C23CCC(CCOCC(=O)OC(C)(C)C)(CC2)OC3)c1. The second-order valence-corrected chi connectivity index (χ2v) is 9.01. The van der Waals surface area contributed by atoms with Crippen LogP contribution in [0.5, 0.6) is 0 Å². The number of carbonyl (C=O) groups excluding carboxylic acids is 1. The Balaban J connectivity index is 1.47. The minimum absolute atomic E-state index is 0.0145. The third kappa shape index (κ3) is 4.47. The zero-order valence-corrected chi connectivity index (χ0v) is 16.6. The van der Waals surface area contributed by atoms with Gasteiger partial charge in [0.1, 0.15) is 12.2 Å². The lowest BCUT2D eigenvalue weighted by Gasteiger charge is -2.53. The fraction of sp³-hybridized carbons (Fsp3) is 0.682. The van der Waals surface area contributed by atoms with Crippen LogP contribution in [0.25, 0.3) is 0 Å². The van der Waals surface area contributed by atoms with Gasteiger partial charge >= 0.3 is 5.97 Å². The number of benzene rings is 1. The van der Waals surface area contributed by atoms with E-state index < -0.39 is 5.60 Å². The van der Waals surface area contributed by atoms with Crippen LogP contribution in [0, 0.1) is 6.92 Å². The largest absolute Gasteiger partial charge is 0.458 e. The molecule has 2 saturated heterocycles. The highest BCUT2D eigenvalue weighted by molar-refractivity contribution is 5.71. The van der Waals surface area contributed by atoms with E-state index in [1.165, 1.54) is 24.0 Å². The van der Waals surface area contributed by atoms with Gasteiger partial charge in [0.2, 0.25) is 0 Å². The smallest absolute Gasteiger partial charge is 0.332 e. The maximum Gasteiger partial charge on any atom is 0.332 e. The van der Waals surface area contributed by atoms with Crippen molar-refractivity contribution in [3.8, 4) is 0 Å². The van der Waals surface area contributed by atoms with Crippen LogP contribution in [-0.4, -0.2) is 37.0 Å². The second-order valence-electron chi connectivity index (χ2n) is 9.01. The molecule has 2 aliphatic heterocycles. The highest BCUT2D eigenvalue weighted by atomic mass is 16.6. The first-order valence-corrected chi connectivity index (χ1v) is 9.73. The molecule has 0 amide bonds. The number of fused-ring (bicyclic) bond motifs is 3. The number of hydrogen-bond acceptors (Lipinski definition) is 4. The van der Waals surface area contributed by atoms with Crippen LogP contribution in [0.4, 0.5) is 0 Å². The topological polar surface area (TPSA) is 44.8 Å². The number of carbonyl (C=O) groups is 1. The van der Waals surface area contributed by atoms with E-state index in [4.69, 9.17) is 14.2 Å². The molecule has 4 rings (SSSR count). The summed E-state index contributed by atoms with van der Waals surface area (Å²) in [6, 6.07) is 8.86. The van der Waals surface area contributed by atoms with E-state index in [0.29, 0.717) is 6.61 Å². The van der Waals surface area contributed by atoms with Gasteiger partial charge in [-0.15, -0.1) is 0 Å². The zero-order valence-electron chi connectivity index (χ0n) is 16.6. The lowest BCUT2D eigenvalue weighted by atomic mass is 9.62. The standard InChI is InChI=1S/C22H32O4/c1-17-6-5-7-18(14-17)21-8-10-22(11-9-21,25-16-21)12-13-24-15-19(23)26-20(2,3)4/h5-7,14H,8-13,15-16H2,1-4H3. The molecule has 3 fully saturated rings. The van der Waals surface area contributed by atoms with E-state index in [0.717, 1.165) is 25.9 Å². The summed E-state index contributed by atoms with van der Waals surface area (Å²) in [7, 11) is 0. The van der Waals surface area contributed by atoms with Crippen molar-refractivity contribution in [3.05, 3.63) is 35.4 Å². The number of hydrogen-bond donors (Lipinski definition) is 0. The van der Waals surface area contributed by atoms with Crippen molar-refractivity contribution >= 4 is 5.97 Å². The van der Waals surface area contributed by atoms with Gasteiger partial charge in [-0.3, -0.25) is 0 Å². The van der Waals surface area contributed by atoms with E-state index >= 15 is 0 Å². The van der Waals surface area contributed by atoms with Crippen molar-refractivity contribution in [2.75, 3.05) is 19.8 Å². The molecule has 4 nitrogen and oxygen atoms in total. The molecular weight excluding hydrogens is 328 g/mol. The Labute approximate surface area is 157 Å². The fourth-order valence-electron chi connectivity index (χ4n) is 4.22. The van der Waals surface area contributed by atoms with Crippen LogP contribution in [-0.2, 0) is 24.4 Å². The maximum absolute atomic E-state index is 11.7. The maximum atomic E-state index is 11.7. The molecule has 1 aliphatic carbocycles. The van der Waals surface area contributed by atoms with E-state index in [2.05, 4.69) is 31.2 Å². The quantitative estimate of drug-likeness (QED) is 0.560. The Morgan fingerprint density at radius 1 is 1.19 bits per heavy atom. The molecule has 144 valence electrons. The fourth-order valence-corrected chi connectivity index (χ4v) is 4.22. The number of aryl methyl sites for hydroxylation is 1. The predicted octanol–water partition coefficient (Wildman–Crippen LogP) is 4.32. The molecule has 0 unspecified atom stereocenters. The van der Waals surface area contributed by atoms with Crippen molar-refractivity contribution < 1.29 is 19.0 Å². The molecule has 2 bridgehead atoms. The Hall–Kier alpha value is -1.39. The third-order valence-electron chi connectivity index (χ3n) is 5.75. The summed E-state index contributed by atoms with van der Waals surface area (Å²) in [6.07, 6.45) is 5.32. The summed E-state index contributed by atoms with van der Waals surface area (Å²) in [4.78, 5) is 11.7. The van der Waals surface area contributed by atoms with Gasteiger partial charge in [-0.1, -0.05) is 29.8 Å². The normalized spacial score (nSPS) is 28.2. The number of ether oxygens (including phenoxy) is 3. The van der Waals surface area contributed by atoms with E-state index in [9.17, 15) is 4.79 Å². The van der Waals surface area contributed by atoms with Gasteiger partial charge in [0.05, 0.1) is 18.8 Å². The van der Waals surface area contributed by atoms with Crippen molar-refractivity contribution in [1.82, 2.24) is 0 Å². The van der Waals surface area contributed by atoms with Crippen molar-refractivity contribution in [1.29, 1.82) is 0 Å². The first-order valence-electron chi connectivity index (χ1n) is 9.73. The van der Waals surface area contributed by atoms with Gasteiger partial charge in [-0.05, 0) is 65.4 Å². The molecule has 3 aliphatic rings. The average Bonchev–Trinajstić information content (AvgIpc) is 2.59. The monoisotopic (exact) mass is 360 g/mol. The Morgan fingerprint density at radius 2 is 1.92 bits per heavy atom. The number of esters is 1. The molecule has 0 spiro atoms. The number of rotatable bonds is 6. The van der Waals surface area contributed by atoms with Crippen molar-refractivity contribution in [2.45, 2.75) is 76.4 Å². The Bertz CT molecular complexity index is 619. The van der Waals surface area contributed by atoms with E-state index in [1.807, 2.05) is 20.8 Å².